The zero-order chi connectivity index (χ0) is 13.6. The fraction of sp³-hybridized carbons (Fsp3) is 0.375. The van der Waals surface area contributed by atoms with E-state index in [2.05, 4.69) is 50.5 Å². The first-order chi connectivity index (χ1) is 8.54. The molecule has 0 amide bonds. The summed E-state index contributed by atoms with van der Waals surface area (Å²) in [5, 5.41) is 11.7. The second kappa shape index (κ2) is 6.71. The predicted octanol–water partition coefficient (Wildman–Crippen LogP) is 3.49. The molecular formula is C16H24OSi. The van der Waals surface area contributed by atoms with Crippen molar-refractivity contribution in [3.63, 3.8) is 0 Å². The Bertz CT molecular complexity index is 383. The van der Waals surface area contributed by atoms with Crippen LogP contribution in [-0.2, 0) is 0 Å². The van der Waals surface area contributed by atoms with Crippen LogP contribution in [0.15, 0.2) is 55.6 Å². The summed E-state index contributed by atoms with van der Waals surface area (Å²) >= 11 is 0. The lowest BCUT2D eigenvalue weighted by atomic mass is 10.1. The molecule has 1 aromatic rings. The zero-order valence-corrected chi connectivity index (χ0v) is 12.5. The Hall–Kier alpha value is -1.12. The molecule has 1 aromatic carbocycles. The monoisotopic (exact) mass is 260 g/mol. The second-order valence-electron chi connectivity index (χ2n) is 5.28. The minimum Gasteiger partial charge on any atom is -0.393 e. The van der Waals surface area contributed by atoms with Crippen molar-refractivity contribution in [2.24, 2.45) is 0 Å². The van der Waals surface area contributed by atoms with Crippen LogP contribution in [0.5, 0.6) is 0 Å². The molecule has 0 saturated heterocycles. The standard InChI is InChI=1S/C16H24OSi/c1-5-7-13-15(17)16(6-2)18(3,4)14-11-9-8-10-12-14/h5-6,8-12,15-17H,1-2,7,13H2,3-4H3/t15-,16+/m1/s1. The molecule has 2 heteroatoms. The third kappa shape index (κ3) is 3.44. The highest BCUT2D eigenvalue weighted by Gasteiger charge is 2.35. The quantitative estimate of drug-likeness (QED) is 0.588. The van der Waals surface area contributed by atoms with Gasteiger partial charge in [0.05, 0.1) is 14.2 Å². The Kier molecular flexibility index (Phi) is 5.57. The molecule has 0 aliphatic carbocycles. The maximum absolute atomic E-state index is 10.4. The minimum atomic E-state index is -1.72. The molecule has 0 unspecified atom stereocenters. The van der Waals surface area contributed by atoms with Gasteiger partial charge in [0.25, 0.3) is 0 Å². The van der Waals surface area contributed by atoms with Gasteiger partial charge in [-0.15, -0.1) is 13.2 Å². The Labute approximate surface area is 112 Å². The van der Waals surface area contributed by atoms with E-state index >= 15 is 0 Å². The summed E-state index contributed by atoms with van der Waals surface area (Å²) in [7, 11) is -1.72. The summed E-state index contributed by atoms with van der Waals surface area (Å²) in [4.78, 5) is 0. The first-order valence-electron chi connectivity index (χ1n) is 6.51. The van der Waals surface area contributed by atoms with Crippen LogP contribution in [0.25, 0.3) is 0 Å². The van der Waals surface area contributed by atoms with Crippen molar-refractivity contribution < 1.29 is 5.11 Å². The smallest absolute Gasteiger partial charge is 0.0901 e. The zero-order valence-electron chi connectivity index (χ0n) is 11.5. The molecule has 0 fully saturated rings. The van der Waals surface area contributed by atoms with Crippen LogP contribution < -0.4 is 5.19 Å². The lowest BCUT2D eigenvalue weighted by Gasteiger charge is -2.34. The third-order valence-corrected chi connectivity index (χ3v) is 7.79. The summed E-state index contributed by atoms with van der Waals surface area (Å²) in [5.74, 6) is 0. The number of aliphatic hydroxyl groups is 1. The molecule has 1 rings (SSSR count). The molecule has 1 nitrogen and oxygen atoms in total. The van der Waals surface area contributed by atoms with Crippen molar-refractivity contribution in [2.45, 2.75) is 37.6 Å². The van der Waals surface area contributed by atoms with E-state index in [1.807, 2.05) is 18.2 Å². The van der Waals surface area contributed by atoms with Crippen LogP contribution in [0, 0.1) is 0 Å². The Balaban J connectivity index is 2.92. The number of hydrogen-bond acceptors (Lipinski definition) is 1. The van der Waals surface area contributed by atoms with E-state index in [-0.39, 0.29) is 11.6 Å². The van der Waals surface area contributed by atoms with Crippen molar-refractivity contribution >= 4 is 13.3 Å². The molecule has 2 atom stereocenters. The molecule has 0 aliphatic heterocycles. The molecule has 0 saturated carbocycles. The summed E-state index contributed by atoms with van der Waals surface area (Å²) in [6.07, 6.45) is 5.10. The molecule has 0 aliphatic rings. The van der Waals surface area contributed by atoms with Gasteiger partial charge in [-0.2, -0.15) is 0 Å². The number of aliphatic hydroxyl groups excluding tert-OH is 1. The number of benzene rings is 1. The summed E-state index contributed by atoms with van der Waals surface area (Å²) in [6, 6.07) is 10.5. The molecule has 0 radical (unpaired) electrons. The van der Waals surface area contributed by atoms with E-state index in [9.17, 15) is 5.11 Å². The van der Waals surface area contributed by atoms with E-state index < -0.39 is 8.07 Å². The normalized spacial score (nSPS) is 14.8. The van der Waals surface area contributed by atoms with Crippen LogP contribution in [0.2, 0.25) is 18.6 Å². The average molecular weight is 260 g/mol. The van der Waals surface area contributed by atoms with Gasteiger partial charge in [0.2, 0.25) is 0 Å². The van der Waals surface area contributed by atoms with Crippen LogP contribution in [-0.4, -0.2) is 19.3 Å². The van der Waals surface area contributed by atoms with Gasteiger partial charge in [-0.05, 0) is 12.8 Å². The van der Waals surface area contributed by atoms with E-state index in [0.29, 0.717) is 0 Å². The average Bonchev–Trinajstić information content (AvgIpc) is 2.38. The fourth-order valence-corrected chi connectivity index (χ4v) is 5.62. The van der Waals surface area contributed by atoms with Crippen molar-refractivity contribution in [2.75, 3.05) is 0 Å². The summed E-state index contributed by atoms with van der Waals surface area (Å²) < 4.78 is 0. The van der Waals surface area contributed by atoms with Crippen molar-refractivity contribution in [1.82, 2.24) is 0 Å². The molecule has 1 N–H and O–H groups in total. The highest BCUT2D eigenvalue weighted by atomic mass is 28.3. The number of hydrogen-bond donors (Lipinski definition) is 1. The molecule has 0 spiro atoms. The first-order valence-corrected chi connectivity index (χ1v) is 9.58. The fourth-order valence-electron chi connectivity index (χ4n) is 2.46. The van der Waals surface area contributed by atoms with Crippen molar-refractivity contribution in [3.05, 3.63) is 55.6 Å². The molecule has 18 heavy (non-hydrogen) atoms. The topological polar surface area (TPSA) is 20.2 Å². The molecule has 0 heterocycles. The van der Waals surface area contributed by atoms with Gasteiger partial charge in [-0.3, -0.25) is 0 Å². The predicted molar refractivity (Wildman–Crippen MR) is 82.9 cm³/mol. The SMILES string of the molecule is C=CCC[C@@H](O)[C@H](C=C)[Si](C)(C)c1ccccc1. The lowest BCUT2D eigenvalue weighted by molar-refractivity contribution is 0.167. The van der Waals surface area contributed by atoms with Crippen LogP contribution >= 0.6 is 0 Å². The molecule has 0 bridgehead atoms. The van der Waals surface area contributed by atoms with Gasteiger partial charge in [0.1, 0.15) is 0 Å². The van der Waals surface area contributed by atoms with E-state index in [1.165, 1.54) is 5.19 Å². The van der Waals surface area contributed by atoms with Gasteiger partial charge in [-0.25, -0.2) is 0 Å². The molecule has 0 aromatic heterocycles. The van der Waals surface area contributed by atoms with E-state index in [4.69, 9.17) is 0 Å². The minimum absolute atomic E-state index is 0.180. The Morgan fingerprint density at radius 2 is 1.83 bits per heavy atom. The summed E-state index contributed by atoms with van der Waals surface area (Å²) in [6.45, 7) is 12.2. The highest BCUT2D eigenvalue weighted by molar-refractivity contribution is 6.91. The second-order valence-corrected chi connectivity index (χ2v) is 9.97. The maximum atomic E-state index is 10.4. The highest BCUT2D eigenvalue weighted by Crippen LogP contribution is 2.29. The van der Waals surface area contributed by atoms with Gasteiger partial charge >= 0.3 is 0 Å². The van der Waals surface area contributed by atoms with Crippen LogP contribution in [0.1, 0.15) is 12.8 Å². The lowest BCUT2D eigenvalue weighted by Crippen LogP contribution is -2.49. The van der Waals surface area contributed by atoms with Crippen LogP contribution in [0.3, 0.4) is 0 Å². The number of rotatable bonds is 7. The van der Waals surface area contributed by atoms with Gasteiger partial charge in [0, 0.05) is 5.54 Å². The van der Waals surface area contributed by atoms with Crippen LogP contribution in [0.4, 0.5) is 0 Å². The Morgan fingerprint density at radius 1 is 1.22 bits per heavy atom. The van der Waals surface area contributed by atoms with E-state index in [1.54, 1.807) is 0 Å². The third-order valence-electron chi connectivity index (χ3n) is 3.69. The largest absolute Gasteiger partial charge is 0.393 e. The van der Waals surface area contributed by atoms with Crippen molar-refractivity contribution in [3.8, 4) is 0 Å². The van der Waals surface area contributed by atoms with Gasteiger partial charge in [-0.1, -0.05) is 60.8 Å². The Morgan fingerprint density at radius 3 is 2.33 bits per heavy atom. The first kappa shape index (κ1) is 14.9. The number of allylic oxidation sites excluding steroid dienone is 1. The van der Waals surface area contributed by atoms with Gasteiger partial charge < -0.3 is 5.11 Å². The van der Waals surface area contributed by atoms with Gasteiger partial charge in [0.15, 0.2) is 0 Å². The van der Waals surface area contributed by atoms with E-state index in [0.717, 1.165) is 12.8 Å². The van der Waals surface area contributed by atoms with Crippen molar-refractivity contribution in [1.29, 1.82) is 0 Å². The molecular weight excluding hydrogens is 236 g/mol. The molecule has 98 valence electrons. The summed E-state index contributed by atoms with van der Waals surface area (Å²) in [5.41, 5.74) is 0.180. The maximum Gasteiger partial charge on any atom is 0.0901 e.